The summed E-state index contributed by atoms with van der Waals surface area (Å²) in [6.07, 6.45) is 7.78. The summed E-state index contributed by atoms with van der Waals surface area (Å²) in [7, 11) is 6.09. The first-order chi connectivity index (χ1) is 18.5. The molecule has 0 bridgehead atoms. The smallest absolute Gasteiger partial charge is 0.128 e. The van der Waals surface area contributed by atoms with Gasteiger partial charge in [-0.2, -0.15) is 5.10 Å². The lowest BCUT2D eigenvalue weighted by Gasteiger charge is -2.35. The van der Waals surface area contributed by atoms with E-state index in [1.807, 2.05) is 42.6 Å². The van der Waals surface area contributed by atoms with E-state index in [-0.39, 0.29) is 0 Å². The van der Waals surface area contributed by atoms with E-state index >= 15 is 0 Å². The van der Waals surface area contributed by atoms with Gasteiger partial charge in [0.05, 0.1) is 11.7 Å². The molecule has 0 atom stereocenters. The van der Waals surface area contributed by atoms with Gasteiger partial charge in [0.15, 0.2) is 0 Å². The van der Waals surface area contributed by atoms with Gasteiger partial charge >= 0.3 is 0 Å². The number of benzene rings is 2. The van der Waals surface area contributed by atoms with Crippen molar-refractivity contribution in [3.05, 3.63) is 91.0 Å². The molecule has 1 saturated heterocycles. The highest BCUT2D eigenvalue weighted by atomic mass is 15.3. The summed E-state index contributed by atoms with van der Waals surface area (Å²) in [4.78, 5) is 16.6. The number of anilines is 2. The Labute approximate surface area is 224 Å². The van der Waals surface area contributed by atoms with Gasteiger partial charge < -0.3 is 9.80 Å². The van der Waals surface area contributed by atoms with E-state index in [4.69, 9.17) is 4.98 Å². The molecule has 1 fully saturated rings. The summed E-state index contributed by atoms with van der Waals surface area (Å²) in [5.74, 6) is 1.04. The van der Waals surface area contributed by atoms with Gasteiger partial charge in [-0.3, -0.25) is 14.6 Å². The Balaban J connectivity index is 1.17. The molecule has 0 spiro atoms. The van der Waals surface area contributed by atoms with Gasteiger partial charge in [-0.15, -0.1) is 0 Å². The summed E-state index contributed by atoms with van der Waals surface area (Å²) in [6, 6.07) is 21.7. The number of fused-ring (bicyclic) bond motifs is 1. The molecule has 0 aliphatic carbocycles. The maximum Gasteiger partial charge on any atom is 0.128 e. The maximum absolute atomic E-state index is 4.89. The molecule has 1 aliphatic heterocycles. The lowest BCUT2D eigenvalue weighted by Crippen LogP contribution is -2.46. The van der Waals surface area contributed by atoms with Crippen LogP contribution < -0.4 is 9.80 Å². The quantitative estimate of drug-likeness (QED) is 0.322. The molecule has 2 aromatic carbocycles. The van der Waals surface area contributed by atoms with E-state index in [0.29, 0.717) is 0 Å². The number of rotatable bonds is 6. The molecule has 7 heteroatoms. The number of piperazine rings is 1. The fraction of sp³-hybridized carbons (Fsp3) is 0.258. The van der Waals surface area contributed by atoms with Crippen LogP contribution in [0.15, 0.2) is 85.5 Å². The number of aryl methyl sites for hydroxylation is 1. The summed E-state index contributed by atoms with van der Waals surface area (Å²) in [5, 5.41) is 5.48. The van der Waals surface area contributed by atoms with Crippen molar-refractivity contribution in [2.24, 2.45) is 7.05 Å². The molecular weight excluding hydrogens is 470 g/mol. The molecule has 0 radical (unpaired) electrons. The average molecular weight is 504 g/mol. The van der Waals surface area contributed by atoms with Crippen LogP contribution in [0.4, 0.5) is 11.5 Å². The van der Waals surface area contributed by atoms with Crippen molar-refractivity contribution in [2.45, 2.75) is 6.54 Å². The minimum absolute atomic E-state index is 0.973. The van der Waals surface area contributed by atoms with E-state index in [1.54, 1.807) is 0 Å². The van der Waals surface area contributed by atoms with Crippen LogP contribution in [0.5, 0.6) is 0 Å². The SMILES string of the molecule is CN(C)c1ccc(CN2CCN(c3ccc(-c4cc(-c5cnn(C)c5)cc5ncccc45)cn3)CC2)cc1. The standard InChI is InChI=1S/C31H33N7/c1-35(2)27-9-6-23(7-10-27)21-37-13-15-38(16-14-37)31-11-8-24(19-33-31)29-17-25(26-20-34-36(3)22-26)18-30-28(29)5-4-12-32-30/h4-12,17-20,22H,13-16,21H2,1-3H3. The summed E-state index contributed by atoms with van der Waals surface area (Å²) in [6.45, 7) is 5.00. The molecule has 7 nitrogen and oxygen atoms in total. The molecule has 5 aromatic rings. The third-order valence-corrected chi connectivity index (χ3v) is 7.37. The molecule has 0 N–H and O–H groups in total. The molecule has 6 rings (SSSR count). The second-order valence-corrected chi connectivity index (χ2v) is 10.2. The predicted octanol–water partition coefficient (Wildman–Crippen LogP) is 5.09. The van der Waals surface area contributed by atoms with Gasteiger partial charge in [0, 0.05) is 94.7 Å². The molecule has 1 aliphatic rings. The van der Waals surface area contributed by atoms with Gasteiger partial charge in [0.25, 0.3) is 0 Å². The summed E-state index contributed by atoms with van der Waals surface area (Å²) >= 11 is 0. The van der Waals surface area contributed by atoms with Crippen molar-refractivity contribution in [2.75, 3.05) is 50.1 Å². The Morgan fingerprint density at radius 3 is 2.32 bits per heavy atom. The zero-order valence-electron chi connectivity index (χ0n) is 22.2. The third kappa shape index (κ3) is 4.97. The molecule has 3 aromatic heterocycles. The maximum atomic E-state index is 4.89. The zero-order chi connectivity index (χ0) is 26.1. The average Bonchev–Trinajstić information content (AvgIpc) is 3.39. The third-order valence-electron chi connectivity index (χ3n) is 7.37. The van der Waals surface area contributed by atoms with Crippen LogP contribution in [0.3, 0.4) is 0 Å². The van der Waals surface area contributed by atoms with Gasteiger partial charge in [0.1, 0.15) is 5.82 Å². The fourth-order valence-electron chi connectivity index (χ4n) is 5.18. The molecular formula is C31H33N7. The van der Waals surface area contributed by atoms with Crippen LogP contribution in [0.2, 0.25) is 0 Å². The molecule has 0 unspecified atom stereocenters. The lowest BCUT2D eigenvalue weighted by molar-refractivity contribution is 0.249. The van der Waals surface area contributed by atoms with Gasteiger partial charge in [0.2, 0.25) is 0 Å². The van der Waals surface area contributed by atoms with Crippen molar-refractivity contribution in [3.8, 4) is 22.3 Å². The Morgan fingerprint density at radius 1 is 0.816 bits per heavy atom. The molecule has 0 amide bonds. The number of hydrogen-bond donors (Lipinski definition) is 0. The Hall–Kier alpha value is -4.23. The first-order valence-corrected chi connectivity index (χ1v) is 13.1. The first-order valence-electron chi connectivity index (χ1n) is 13.1. The van der Waals surface area contributed by atoms with E-state index < -0.39 is 0 Å². The molecule has 0 saturated carbocycles. The highest BCUT2D eigenvalue weighted by Crippen LogP contribution is 2.33. The Kier molecular flexibility index (Phi) is 6.52. The van der Waals surface area contributed by atoms with Crippen LogP contribution in [0.1, 0.15) is 5.56 Å². The molecule has 192 valence electrons. The van der Waals surface area contributed by atoms with Crippen molar-refractivity contribution < 1.29 is 0 Å². The van der Waals surface area contributed by atoms with Gasteiger partial charge in [-0.25, -0.2) is 4.98 Å². The van der Waals surface area contributed by atoms with Crippen molar-refractivity contribution in [1.82, 2.24) is 24.6 Å². The summed E-state index contributed by atoms with van der Waals surface area (Å²) in [5.41, 5.74) is 7.99. The largest absolute Gasteiger partial charge is 0.378 e. The zero-order valence-corrected chi connectivity index (χ0v) is 22.2. The van der Waals surface area contributed by atoms with Gasteiger partial charge in [-0.05, 0) is 59.2 Å². The van der Waals surface area contributed by atoms with Crippen LogP contribution in [0.25, 0.3) is 33.2 Å². The topological polar surface area (TPSA) is 53.3 Å². The minimum Gasteiger partial charge on any atom is -0.378 e. The van der Waals surface area contributed by atoms with E-state index in [1.165, 1.54) is 11.3 Å². The van der Waals surface area contributed by atoms with Crippen LogP contribution >= 0.6 is 0 Å². The highest BCUT2D eigenvalue weighted by molar-refractivity contribution is 5.98. The van der Waals surface area contributed by atoms with Crippen molar-refractivity contribution in [3.63, 3.8) is 0 Å². The van der Waals surface area contributed by atoms with Gasteiger partial charge in [-0.1, -0.05) is 18.2 Å². The predicted molar refractivity (Wildman–Crippen MR) is 155 cm³/mol. The monoisotopic (exact) mass is 503 g/mol. The fourth-order valence-corrected chi connectivity index (χ4v) is 5.18. The van der Waals surface area contributed by atoms with Crippen LogP contribution in [-0.4, -0.2) is 64.9 Å². The first kappa shape index (κ1) is 24.1. The summed E-state index contributed by atoms with van der Waals surface area (Å²) < 4.78 is 1.83. The molecule has 38 heavy (non-hydrogen) atoms. The number of hydrogen-bond acceptors (Lipinski definition) is 6. The van der Waals surface area contributed by atoms with E-state index in [0.717, 1.165) is 71.7 Å². The van der Waals surface area contributed by atoms with E-state index in [9.17, 15) is 0 Å². The number of aromatic nitrogens is 4. The van der Waals surface area contributed by atoms with Crippen LogP contribution in [0, 0.1) is 0 Å². The van der Waals surface area contributed by atoms with Crippen molar-refractivity contribution >= 4 is 22.4 Å². The normalized spacial score (nSPS) is 14.2. The van der Waals surface area contributed by atoms with Crippen molar-refractivity contribution in [1.29, 1.82) is 0 Å². The lowest BCUT2D eigenvalue weighted by atomic mass is 9.97. The molecule has 4 heterocycles. The second kappa shape index (κ2) is 10.3. The Bertz CT molecular complexity index is 1530. The number of pyridine rings is 2. The second-order valence-electron chi connectivity index (χ2n) is 10.2. The van der Waals surface area contributed by atoms with E-state index in [2.05, 4.69) is 93.5 Å². The number of nitrogens with zero attached hydrogens (tertiary/aromatic N) is 7. The minimum atomic E-state index is 0.973. The van der Waals surface area contributed by atoms with Crippen LogP contribution in [-0.2, 0) is 13.6 Å². The highest BCUT2D eigenvalue weighted by Gasteiger charge is 2.19. The Morgan fingerprint density at radius 2 is 1.63 bits per heavy atom.